The van der Waals surface area contributed by atoms with Gasteiger partial charge in [0.05, 0.1) is 19.1 Å². The SMILES string of the molecule is COC(=O)C(C)CC1C[C@@H](O)C[C@H]1C=N. The van der Waals surface area contributed by atoms with Gasteiger partial charge in [0.2, 0.25) is 0 Å². The van der Waals surface area contributed by atoms with E-state index in [9.17, 15) is 9.90 Å². The number of esters is 1. The second-order valence-corrected chi connectivity index (χ2v) is 4.38. The largest absolute Gasteiger partial charge is 0.469 e. The Kier molecular flexibility index (Phi) is 4.27. The molecule has 4 heteroatoms. The zero-order valence-corrected chi connectivity index (χ0v) is 9.27. The van der Waals surface area contributed by atoms with Crippen LogP contribution in [-0.4, -0.2) is 30.5 Å². The fourth-order valence-electron chi connectivity index (χ4n) is 2.35. The van der Waals surface area contributed by atoms with E-state index >= 15 is 0 Å². The summed E-state index contributed by atoms with van der Waals surface area (Å²) in [6.07, 6.45) is 3.13. The maximum atomic E-state index is 11.2. The molecule has 4 nitrogen and oxygen atoms in total. The number of rotatable bonds is 4. The minimum absolute atomic E-state index is 0.118. The van der Waals surface area contributed by atoms with E-state index in [4.69, 9.17) is 5.41 Å². The molecule has 1 aliphatic rings. The van der Waals surface area contributed by atoms with Crippen LogP contribution in [0.3, 0.4) is 0 Å². The highest BCUT2D eigenvalue weighted by Gasteiger charge is 2.34. The van der Waals surface area contributed by atoms with Gasteiger partial charge in [-0.2, -0.15) is 0 Å². The predicted octanol–water partition coefficient (Wildman–Crippen LogP) is 1.22. The van der Waals surface area contributed by atoms with E-state index in [2.05, 4.69) is 4.74 Å². The van der Waals surface area contributed by atoms with E-state index in [0.717, 1.165) is 0 Å². The molecule has 86 valence electrons. The van der Waals surface area contributed by atoms with Crippen molar-refractivity contribution < 1.29 is 14.6 Å². The molecule has 0 aromatic carbocycles. The molecule has 1 aliphatic carbocycles. The minimum atomic E-state index is -0.313. The van der Waals surface area contributed by atoms with Crippen molar-refractivity contribution in [2.45, 2.75) is 32.3 Å². The molecule has 0 heterocycles. The Morgan fingerprint density at radius 2 is 2.33 bits per heavy atom. The van der Waals surface area contributed by atoms with E-state index < -0.39 is 0 Å². The standard InChI is InChI=1S/C11H19NO3/c1-7(11(14)15-2)3-8-4-10(13)5-9(8)6-12/h6-10,12-13H,3-5H2,1-2H3/t7?,8?,9-,10+/m0/s1. The van der Waals surface area contributed by atoms with Gasteiger partial charge in [-0.1, -0.05) is 6.92 Å². The van der Waals surface area contributed by atoms with E-state index in [1.807, 2.05) is 6.92 Å². The number of carbonyl (C=O) groups is 1. The van der Waals surface area contributed by atoms with E-state index in [1.165, 1.54) is 13.3 Å². The van der Waals surface area contributed by atoms with Crippen molar-refractivity contribution in [2.75, 3.05) is 7.11 Å². The average molecular weight is 213 g/mol. The first-order chi connectivity index (χ1) is 7.08. The normalized spacial score (nSPS) is 32.3. The highest BCUT2D eigenvalue weighted by atomic mass is 16.5. The molecule has 0 aliphatic heterocycles. The summed E-state index contributed by atoms with van der Waals surface area (Å²) in [6, 6.07) is 0. The van der Waals surface area contributed by atoms with Crippen molar-refractivity contribution in [3.8, 4) is 0 Å². The Balaban J connectivity index is 2.50. The van der Waals surface area contributed by atoms with E-state index in [-0.39, 0.29) is 29.8 Å². The molecule has 0 aromatic heterocycles. The quantitative estimate of drug-likeness (QED) is 0.545. The molecule has 0 aromatic rings. The second-order valence-electron chi connectivity index (χ2n) is 4.38. The number of hydrogen-bond donors (Lipinski definition) is 2. The molecule has 0 bridgehead atoms. The van der Waals surface area contributed by atoms with Gasteiger partial charge in [0.25, 0.3) is 0 Å². The van der Waals surface area contributed by atoms with Gasteiger partial charge in [0.15, 0.2) is 0 Å². The van der Waals surface area contributed by atoms with Crippen molar-refractivity contribution in [3.05, 3.63) is 0 Å². The average Bonchev–Trinajstić information content (AvgIpc) is 2.57. The van der Waals surface area contributed by atoms with Gasteiger partial charge in [-0.25, -0.2) is 0 Å². The van der Waals surface area contributed by atoms with Crippen molar-refractivity contribution in [1.82, 2.24) is 0 Å². The van der Waals surface area contributed by atoms with Crippen LogP contribution in [0.1, 0.15) is 26.2 Å². The summed E-state index contributed by atoms with van der Waals surface area (Å²) < 4.78 is 4.66. The number of hydrogen-bond acceptors (Lipinski definition) is 4. The molecule has 0 spiro atoms. The van der Waals surface area contributed by atoms with Crippen LogP contribution >= 0.6 is 0 Å². The fourth-order valence-corrected chi connectivity index (χ4v) is 2.35. The first-order valence-electron chi connectivity index (χ1n) is 5.35. The van der Waals surface area contributed by atoms with E-state index in [0.29, 0.717) is 19.3 Å². The summed E-state index contributed by atoms with van der Waals surface area (Å²) in [6.45, 7) is 1.83. The smallest absolute Gasteiger partial charge is 0.308 e. The van der Waals surface area contributed by atoms with E-state index in [1.54, 1.807) is 0 Å². The molecular formula is C11H19NO3. The summed E-state index contributed by atoms with van der Waals surface area (Å²) in [5.41, 5.74) is 0. The highest BCUT2D eigenvalue weighted by Crippen LogP contribution is 2.35. The molecule has 0 amide bonds. The second kappa shape index (κ2) is 5.26. The number of nitrogens with one attached hydrogen (secondary N) is 1. The molecule has 2 N–H and O–H groups in total. The fraction of sp³-hybridized carbons (Fsp3) is 0.818. The lowest BCUT2D eigenvalue weighted by atomic mass is 9.88. The molecule has 1 rings (SSSR count). The summed E-state index contributed by atoms with van der Waals surface area (Å²) >= 11 is 0. The molecule has 1 saturated carbocycles. The lowest BCUT2D eigenvalue weighted by Gasteiger charge is -2.18. The van der Waals surface area contributed by atoms with Crippen LogP contribution in [0.2, 0.25) is 0 Å². The van der Waals surface area contributed by atoms with Gasteiger partial charge in [-0.05, 0) is 37.3 Å². The summed E-state index contributed by atoms with van der Waals surface area (Å²) in [5.74, 6) is 0.00609. The summed E-state index contributed by atoms with van der Waals surface area (Å²) in [7, 11) is 1.39. The zero-order chi connectivity index (χ0) is 11.4. The highest BCUT2D eigenvalue weighted by molar-refractivity contribution is 5.71. The lowest BCUT2D eigenvalue weighted by Crippen LogP contribution is -2.19. The first-order valence-corrected chi connectivity index (χ1v) is 5.35. The number of ether oxygens (including phenoxy) is 1. The van der Waals surface area contributed by atoms with Crippen LogP contribution < -0.4 is 0 Å². The topological polar surface area (TPSA) is 70.4 Å². The number of methoxy groups -OCH3 is 1. The molecule has 15 heavy (non-hydrogen) atoms. The van der Waals surface area contributed by atoms with Crippen LogP contribution in [0.15, 0.2) is 0 Å². The Morgan fingerprint density at radius 1 is 1.67 bits per heavy atom. The van der Waals surface area contributed by atoms with Gasteiger partial charge in [-0.15, -0.1) is 0 Å². The predicted molar refractivity (Wildman–Crippen MR) is 56.8 cm³/mol. The Morgan fingerprint density at radius 3 is 2.87 bits per heavy atom. The minimum Gasteiger partial charge on any atom is -0.469 e. The Bertz CT molecular complexity index is 242. The van der Waals surface area contributed by atoms with Crippen LogP contribution in [0.4, 0.5) is 0 Å². The molecule has 0 saturated heterocycles. The molecule has 4 atom stereocenters. The van der Waals surface area contributed by atoms with Gasteiger partial charge in [0.1, 0.15) is 0 Å². The zero-order valence-electron chi connectivity index (χ0n) is 9.27. The molecule has 1 fully saturated rings. The Hall–Kier alpha value is -0.900. The van der Waals surface area contributed by atoms with Gasteiger partial charge >= 0.3 is 5.97 Å². The number of carbonyl (C=O) groups excluding carboxylic acids is 1. The van der Waals surface area contributed by atoms with Crippen LogP contribution in [-0.2, 0) is 9.53 Å². The van der Waals surface area contributed by atoms with Crippen molar-refractivity contribution >= 4 is 12.2 Å². The lowest BCUT2D eigenvalue weighted by molar-refractivity contribution is -0.145. The van der Waals surface area contributed by atoms with Gasteiger partial charge < -0.3 is 15.3 Å². The summed E-state index contributed by atoms with van der Waals surface area (Å²) in [4.78, 5) is 11.2. The third kappa shape index (κ3) is 3.02. The van der Waals surface area contributed by atoms with Crippen molar-refractivity contribution in [1.29, 1.82) is 5.41 Å². The first kappa shape index (κ1) is 12.2. The van der Waals surface area contributed by atoms with Crippen LogP contribution in [0, 0.1) is 23.2 Å². The molecule has 0 radical (unpaired) electrons. The maximum absolute atomic E-state index is 11.2. The van der Waals surface area contributed by atoms with Crippen molar-refractivity contribution in [3.63, 3.8) is 0 Å². The third-order valence-electron chi connectivity index (χ3n) is 3.20. The van der Waals surface area contributed by atoms with Crippen LogP contribution in [0.25, 0.3) is 0 Å². The number of aliphatic hydroxyl groups excluding tert-OH is 1. The maximum Gasteiger partial charge on any atom is 0.308 e. The molecule has 2 unspecified atom stereocenters. The number of aliphatic hydroxyl groups is 1. The van der Waals surface area contributed by atoms with Crippen molar-refractivity contribution in [2.24, 2.45) is 17.8 Å². The van der Waals surface area contributed by atoms with Crippen LogP contribution in [0.5, 0.6) is 0 Å². The Labute approximate surface area is 90.1 Å². The monoisotopic (exact) mass is 213 g/mol. The third-order valence-corrected chi connectivity index (χ3v) is 3.20. The summed E-state index contributed by atoms with van der Waals surface area (Å²) in [5, 5.41) is 16.8. The molecular weight excluding hydrogens is 194 g/mol. The van der Waals surface area contributed by atoms with Gasteiger partial charge in [-0.3, -0.25) is 4.79 Å². The van der Waals surface area contributed by atoms with Gasteiger partial charge in [0, 0.05) is 0 Å².